The van der Waals surface area contributed by atoms with E-state index in [0.717, 1.165) is 72.0 Å². The van der Waals surface area contributed by atoms with Crippen molar-refractivity contribution in [3.05, 3.63) is 64.6 Å². The fraction of sp³-hybridized carbons (Fsp3) is 0.414. The molecule has 2 aliphatic rings. The van der Waals surface area contributed by atoms with Gasteiger partial charge in [0.05, 0.1) is 12.1 Å². The summed E-state index contributed by atoms with van der Waals surface area (Å²) in [6.45, 7) is 4.75. The number of nitrogens with one attached hydrogen (secondary N) is 1. The Kier molecular flexibility index (Phi) is 8.52. The van der Waals surface area contributed by atoms with Crippen molar-refractivity contribution in [2.24, 2.45) is 0 Å². The van der Waals surface area contributed by atoms with Crippen molar-refractivity contribution in [2.45, 2.75) is 18.8 Å². The fourth-order valence-electron chi connectivity index (χ4n) is 5.07. The molecule has 0 radical (unpaired) electrons. The van der Waals surface area contributed by atoms with Gasteiger partial charge in [0, 0.05) is 81.7 Å². The number of thiocarbonyl (C=S) groups is 1. The van der Waals surface area contributed by atoms with Gasteiger partial charge in [0.25, 0.3) is 5.91 Å². The second-order valence-corrected chi connectivity index (χ2v) is 11.5. The molecule has 2 aromatic carbocycles. The van der Waals surface area contributed by atoms with E-state index in [1.165, 1.54) is 0 Å². The summed E-state index contributed by atoms with van der Waals surface area (Å²) in [5.74, 6) is 1.25. The van der Waals surface area contributed by atoms with Crippen LogP contribution < -0.4 is 19.9 Å². The van der Waals surface area contributed by atoms with E-state index in [2.05, 4.69) is 56.4 Å². The van der Waals surface area contributed by atoms with Crippen molar-refractivity contribution in [3.8, 4) is 5.75 Å². The maximum absolute atomic E-state index is 13.2. The second-order valence-electron chi connectivity index (χ2n) is 10.2. The summed E-state index contributed by atoms with van der Waals surface area (Å²) in [6.07, 6.45) is 1.95. The topological polar surface area (TPSA) is 64.2 Å². The zero-order valence-electron chi connectivity index (χ0n) is 22.8. The molecule has 0 atom stereocenters. The van der Waals surface area contributed by atoms with Crippen molar-refractivity contribution >= 4 is 51.6 Å². The predicted molar refractivity (Wildman–Crippen MR) is 164 cm³/mol. The van der Waals surface area contributed by atoms with E-state index < -0.39 is 0 Å². The van der Waals surface area contributed by atoms with Gasteiger partial charge in [-0.3, -0.25) is 4.79 Å². The van der Waals surface area contributed by atoms with Crippen LogP contribution in [0.25, 0.3) is 0 Å². The molecule has 1 amide bonds. The summed E-state index contributed by atoms with van der Waals surface area (Å²) >= 11 is 7.30. The first kappa shape index (κ1) is 27.2. The van der Waals surface area contributed by atoms with Gasteiger partial charge in [0.15, 0.2) is 5.11 Å². The molecular formula is C29H36N6O2S2. The van der Waals surface area contributed by atoms with Gasteiger partial charge < -0.3 is 29.7 Å². The molecule has 5 rings (SSSR count). The normalized spacial score (nSPS) is 16.2. The lowest BCUT2D eigenvalue weighted by Gasteiger charge is -2.36. The number of rotatable bonds is 6. The molecule has 8 nitrogen and oxygen atoms in total. The number of hydrogen-bond acceptors (Lipinski definition) is 7. The van der Waals surface area contributed by atoms with Crippen LogP contribution in [0.2, 0.25) is 0 Å². The molecule has 39 heavy (non-hydrogen) atoms. The van der Waals surface area contributed by atoms with E-state index in [1.54, 1.807) is 18.4 Å². The van der Waals surface area contributed by atoms with Gasteiger partial charge in [-0.25, -0.2) is 4.98 Å². The third kappa shape index (κ3) is 6.45. The number of likely N-dealkylation sites (tertiary alicyclic amines) is 1. The van der Waals surface area contributed by atoms with Crippen molar-refractivity contribution in [3.63, 3.8) is 0 Å². The van der Waals surface area contributed by atoms with Gasteiger partial charge in [0.2, 0.25) is 0 Å². The van der Waals surface area contributed by atoms with Crippen LogP contribution in [0.3, 0.4) is 0 Å². The summed E-state index contributed by atoms with van der Waals surface area (Å²) in [4.78, 5) is 26.5. The van der Waals surface area contributed by atoms with E-state index >= 15 is 0 Å². The highest BCUT2D eigenvalue weighted by Crippen LogP contribution is 2.31. The third-order valence-electron chi connectivity index (χ3n) is 7.51. The van der Waals surface area contributed by atoms with Gasteiger partial charge in [-0.05, 0) is 73.6 Å². The average Bonchev–Trinajstić information content (AvgIpc) is 3.48. The molecular weight excluding hydrogens is 528 g/mol. The summed E-state index contributed by atoms with van der Waals surface area (Å²) in [7, 11) is 5.74. The first-order valence-corrected chi connectivity index (χ1v) is 14.7. The molecule has 206 valence electrons. The first-order valence-electron chi connectivity index (χ1n) is 13.4. The standard InChI is InChI=1S/C29H36N6O2S2/c1-32(2)23-6-4-22(5-7-23)30-29(38)35-14-12-21(13-15-35)27-31-26(20-39-27)28(36)34-18-16-33(17-19-34)24-8-10-25(37-3)11-9-24/h4-11,20-21H,12-19H2,1-3H3,(H,30,38). The lowest BCUT2D eigenvalue weighted by Crippen LogP contribution is -2.48. The van der Waals surface area contributed by atoms with E-state index in [0.29, 0.717) is 24.7 Å². The minimum absolute atomic E-state index is 0.0370. The van der Waals surface area contributed by atoms with Crippen LogP contribution in [-0.4, -0.2) is 86.3 Å². The molecule has 1 aromatic heterocycles. The van der Waals surface area contributed by atoms with Gasteiger partial charge >= 0.3 is 0 Å². The van der Waals surface area contributed by atoms with Gasteiger partial charge in [-0.2, -0.15) is 0 Å². The second kappa shape index (κ2) is 12.2. The Labute approximate surface area is 240 Å². The van der Waals surface area contributed by atoms with Crippen molar-refractivity contribution in [1.29, 1.82) is 0 Å². The highest BCUT2D eigenvalue weighted by atomic mass is 32.1. The minimum atomic E-state index is 0.0370. The van der Waals surface area contributed by atoms with Crippen LogP contribution in [0.15, 0.2) is 53.9 Å². The molecule has 0 bridgehead atoms. The number of thiazole rings is 1. The molecule has 0 spiro atoms. The molecule has 3 aromatic rings. The highest BCUT2D eigenvalue weighted by Gasteiger charge is 2.28. The van der Waals surface area contributed by atoms with Crippen LogP contribution >= 0.6 is 23.6 Å². The van der Waals surface area contributed by atoms with Crippen molar-refractivity contribution in [1.82, 2.24) is 14.8 Å². The smallest absolute Gasteiger partial charge is 0.273 e. The number of ether oxygens (including phenoxy) is 1. The van der Waals surface area contributed by atoms with Crippen molar-refractivity contribution < 1.29 is 9.53 Å². The SMILES string of the molecule is COc1ccc(N2CCN(C(=O)c3csc(C4CCN(C(=S)Nc5ccc(N(C)C)cc5)CC4)n3)CC2)cc1. The number of methoxy groups -OCH3 is 1. The van der Waals surface area contributed by atoms with Crippen LogP contribution in [0.1, 0.15) is 34.3 Å². The first-order chi connectivity index (χ1) is 18.9. The van der Waals surface area contributed by atoms with Crippen LogP contribution in [0, 0.1) is 0 Å². The van der Waals surface area contributed by atoms with Crippen molar-refractivity contribution in [2.75, 3.05) is 75.6 Å². The molecule has 2 fully saturated rings. The van der Waals surface area contributed by atoms with Crippen LogP contribution in [0.5, 0.6) is 5.75 Å². The third-order valence-corrected chi connectivity index (χ3v) is 8.88. The number of hydrogen-bond donors (Lipinski definition) is 1. The maximum Gasteiger partial charge on any atom is 0.273 e. The maximum atomic E-state index is 13.2. The molecule has 0 unspecified atom stereocenters. The molecule has 3 heterocycles. The van der Waals surface area contributed by atoms with Crippen LogP contribution in [-0.2, 0) is 0 Å². The monoisotopic (exact) mass is 564 g/mol. The Hall–Kier alpha value is -3.37. The number of nitrogens with zero attached hydrogens (tertiary/aromatic N) is 5. The molecule has 1 N–H and O–H groups in total. The summed E-state index contributed by atoms with van der Waals surface area (Å²) in [5, 5.41) is 7.13. The molecule has 0 saturated carbocycles. The number of carbonyl (C=O) groups is 1. The van der Waals surface area contributed by atoms with E-state index in [4.69, 9.17) is 21.9 Å². The predicted octanol–water partition coefficient (Wildman–Crippen LogP) is 4.76. The average molecular weight is 565 g/mol. The number of anilines is 3. The van der Waals surface area contributed by atoms with Crippen LogP contribution in [0.4, 0.5) is 17.1 Å². The van der Waals surface area contributed by atoms with E-state index in [1.807, 2.05) is 36.5 Å². The van der Waals surface area contributed by atoms with E-state index in [9.17, 15) is 4.79 Å². The minimum Gasteiger partial charge on any atom is -0.497 e. The van der Waals surface area contributed by atoms with Gasteiger partial charge in [0.1, 0.15) is 11.4 Å². The highest BCUT2D eigenvalue weighted by molar-refractivity contribution is 7.80. The lowest BCUT2D eigenvalue weighted by atomic mass is 9.98. The lowest BCUT2D eigenvalue weighted by molar-refractivity contribution is 0.0741. The summed E-state index contributed by atoms with van der Waals surface area (Å²) < 4.78 is 5.26. The zero-order chi connectivity index (χ0) is 27.4. The Bertz CT molecular complexity index is 1260. The van der Waals surface area contributed by atoms with E-state index in [-0.39, 0.29) is 5.91 Å². The van der Waals surface area contributed by atoms with Gasteiger partial charge in [-0.1, -0.05) is 0 Å². The number of benzene rings is 2. The number of piperidine rings is 1. The summed E-state index contributed by atoms with van der Waals surface area (Å²) in [6, 6.07) is 16.4. The fourth-order valence-corrected chi connectivity index (χ4v) is 6.34. The van der Waals surface area contributed by atoms with Gasteiger partial charge in [-0.15, -0.1) is 11.3 Å². The number of amides is 1. The summed E-state index contributed by atoms with van der Waals surface area (Å²) in [5.41, 5.74) is 3.89. The Morgan fingerprint density at radius 2 is 1.64 bits per heavy atom. The zero-order valence-corrected chi connectivity index (χ0v) is 24.4. The molecule has 0 aliphatic carbocycles. The largest absolute Gasteiger partial charge is 0.497 e. The number of piperazine rings is 1. The Morgan fingerprint density at radius 1 is 0.974 bits per heavy atom. The number of aromatic nitrogens is 1. The molecule has 2 saturated heterocycles. The number of carbonyl (C=O) groups excluding carboxylic acids is 1. The molecule has 2 aliphatic heterocycles. The Morgan fingerprint density at radius 3 is 2.26 bits per heavy atom. The Balaban J connectivity index is 1.09. The quantitative estimate of drug-likeness (QED) is 0.430. The molecule has 10 heteroatoms.